The maximum atomic E-state index is 2.35. The van der Waals surface area contributed by atoms with Crippen molar-refractivity contribution < 1.29 is 0 Å². The predicted molar refractivity (Wildman–Crippen MR) is 52.8 cm³/mol. The predicted octanol–water partition coefficient (Wildman–Crippen LogP) is 3.23. The zero-order valence-electron chi connectivity index (χ0n) is 6.96. The average Bonchev–Trinajstić information content (AvgIpc) is 1.88. The van der Waals surface area contributed by atoms with Crippen LogP contribution in [0.25, 0.3) is 0 Å². The van der Waals surface area contributed by atoms with Crippen LogP contribution in [0.4, 0.5) is 0 Å². The summed E-state index contributed by atoms with van der Waals surface area (Å²) in [5.74, 6) is 2.22. The van der Waals surface area contributed by atoms with Crippen LogP contribution in [-0.4, -0.2) is 15.6 Å². The molecule has 0 saturated carbocycles. The molecule has 0 bridgehead atoms. The van der Waals surface area contributed by atoms with Gasteiger partial charge in [-0.25, -0.2) is 0 Å². The van der Waals surface area contributed by atoms with Crippen molar-refractivity contribution in [1.82, 2.24) is 0 Å². The summed E-state index contributed by atoms with van der Waals surface area (Å²) in [6, 6.07) is 0. The molecule has 0 aliphatic carbocycles. The maximum absolute atomic E-state index is 2.35. The van der Waals surface area contributed by atoms with Gasteiger partial charge in [0.25, 0.3) is 0 Å². The molecule has 1 aliphatic heterocycles. The van der Waals surface area contributed by atoms with Crippen molar-refractivity contribution in [1.29, 1.82) is 0 Å². The number of rotatable bonds is 1. The standard InChI is InChI=1S/C8H16S2/c1-6(2)8-9-5-4-7(3)10-8/h6-8H,4-5H2,1-3H3. The number of hydrogen-bond acceptors (Lipinski definition) is 2. The quantitative estimate of drug-likeness (QED) is 0.601. The molecular formula is C8H16S2. The molecule has 1 saturated heterocycles. The summed E-state index contributed by atoms with van der Waals surface area (Å²) in [5.41, 5.74) is 0. The van der Waals surface area contributed by atoms with Gasteiger partial charge in [0.2, 0.25) is 0 Å². The molecule has 1 fully saturated rings. The first kappa shape index (κ1) is 8.79. The summed E-state index contributed by atoms with van der Waals surface area (Å²) in [6.45, 7) is 6.99. The zero-order valence-corrected chi connectivity index (χ0v) is 8.60. The van der Waals surface area contributed by atoms with Crippen LogP contribution in [0, 0.1) is 5.92 Å². The van der Waals surface area contributed by atoms with E-state index in [9.17, 15) is 0 Å². The van der Waals surface area contributed by atoms with E-state index in [4.69, 9.17) is 0 Å². The lowest BCUT2D eigenvalue weighted by Crippen LogP contribution is -2.17. The van der Waals surface area contributed by atoms with Crippen LogP contribution in [0.15, 0.2) is 0 Å². The van der Waals surface area contributed by atoms with Crippen LogP contribution in [0.5, 0.6) is 0 Å². The largest absolute Gasteiger partial charge is 0.147 e. The van der Waals surface area contributed by atoms with Gasteiger partial charge in [-0.3, -0.25) is 0 Å². The van der Waals surface area contributed by atoms with Crippen molar-refractivity contribution in [3.63, 3.8) is 0 Å². The molecule has 0 aromatic carbocycles. The lowest BCUT2D eigenvalue weighted by atomic mass is 10.3. The van der Waals surface area contributed by atoms with E-state index in [1.807, 2.05) is 0 Å². The Labute approximate surface area is 72.5 Å². The Hall–Kier alpha value is 0.700. The van der Waals surface area contributed by atoms with Crippen molar-refractivity contribution in [2.45, 2.75) is 37.0 Å². The monoisotopic (exact) mass is 176 g/mol. The minimum atomic E-state index is 0.845. The van der Waals surface area contributed by atoms with Crippen LogP contribution in [0.1, 0.15) is 27.2 Å². The first-order valence-corrected chi connectivity index (χ1v) is 5.96. The van der Waals surface area contributed by atoms with Crippen LogP contribution in [0.3, 0.4) is 0 Å². The molecule has 0 N–H and O–H groups in total. The SMILES string of the molecule is CC1CCSC(C(C)C)S1. The van der Waals surface area contributed by atoms with E-state index in [-0.39, 0.29) is 0 Å². The Balaban J connectivity index is 2.32. The molecule has 0 aromatic heterocycles. The lowest BCUT2D eigenvalue weighted by molar-refractivity contribution is 0.709. The van der Waals surface area contributed by atoms with E-state index >= 15 is 0 Å². The molecule has 1 heterocycles. The third-order valence-electron chi connectivity index (χ3n) is 1.72. The molecular weight excluding hydrogens is 160 g/mol. The van der Waals surface area contributed by atoms with Crippen molar-refractivity contribution in [2.24, 2.45) is 5.92 Å². The minimum absolute atomic E-state index is 0.845. The second kappa shape index (κ2) is 3.91. The molecule has 0 amide bonds. The molecule has 0 nitrogen and oxygen atoms in total. The van der Waals surface area contributed by atoms with Crippen LogP contribution < -0.4 is 0 Å². The minimum Gasteiger partial charge on any atom is -0.147 e. The average molecular weight is 176 g/mol. The molecule has 2 unspecified atom stereocenters. The summed E-state index contributed by atoms with van der Waals surface area (Å²) in [5, 5.41) is 0.897. The normalized spacial score (nSPS) is 34.8. The first-order valence-electron chi connectivity index (χ1n) is 3.97. The number of thioether (sulfide) groups is 2. The van der Waals surface area contributed by atoms with E-state index < -0.39 is 0 Å². The van der Waals surface area contributed by atoms with Crippen molar-refractivity contribution in [3.05, 3.63) is 0 Å². The van der Waals surface area contributed by atoms with Crippen molar-refractivity contribution in [2.75, 3.05) is 5.75 Å². The lowest BCUT2D eigenvalue weighted by Gasteiger charge is -2.28. The van der Waals surface area contributed by atoms with Gasteiger partial charge < -0.3 is 0 Å². The highest BCUT2D eigenvalue weighted by atomic mass is 32.2. The topological polar surface area (TPSA) is 0 Å². The van der Waals surface area contributed by atoms with E-state index in [2.05, 4.69) is 44.3 Å². The fourth-order valence-corrected chi connectivity index (χ4v) is 4.49. The number of hydrogen-bond donors (Lipinski definition) is 0. The molecule has 1 aliphatic rings. The fourth-order valence-electron chi connectivity index (χ4n) is 1.04. The molecule has 1 rings (SSSR count). The molecule has 60 valence electrons. The Morgan fingerprint density at radius 1 is 1.40 bits per heavy atom. The van der Waals surface area contributed by atoms with Crippen LogP contribution in [-0.2, 0) is 0 Å². The Kier molecular flexibility index (Phi) is 3.44. The molecule has 0 radical (unpaired) electrons. The van der Waals surface area contributed by atoms with Crippen LogP contribution in [0.2, 0.25) is 0 Å². The second-order valence-corrected chi connectivity index (χ2v) is 6.35. The molecule has 0 spiro atoms. The van der Waals surface area contributed by atoms with Gasteiger partial charge in [-0.1, -0.05) is 20.8 Å². The van der Waals surface area contributed by atoms with Gasteiger partial charge in [-0.2, -0.15) is 0 Å². The summed E-state index contributed by atoms with van der Waals surface area (Å²) >= 11 is 4.30. The van der Waals surface area contributed by atoms with Gasteiger partial charge in [0, 0.05) is 5.25 Å². The summed E-state index contributed by atoms with van der Waals surface area (Å²) < 4.78 is 0.865. The maximum Gasteiger partial charge on any atom is 0.0528 e. The second-order valence-electron chi connectivity index (χ2n) is 3.22. The molecule has 10 heavy (non-hydrogen) atoms. The van der Waals surface area contributed by atoms with Crippen molar-refractivity contribution >= 4 is 23.5 Å². The summed E-state index contributed by atoms with van der Waals surface area (Å²) in [4.78, 5) is 0. The Bertz CT molecular complexity index is 101. The van der Waals surface area contributed by atoms with Crippen LogP contribution >= 0.6 is 23.5 Å². The highest BCUT2D eigenvalue weighted by molar-refractivity contribution is 8.17. The van der Waals surface area contributed by atoms with E-state index in [1.54, 1.807) is 0 Å². The molecule has 2 heteroatoms. The third kappa shape index (κ3) is 2.39. The molecule has 2 atom stereocenters. The van der Waals surface area contributed by atoms with Gasteiger partial charge in [0.05, 0.1) is 4.58 Å². The highest BCUT2D eigenvalue weighted by Crippen LogP contribution is 2.39. The van der Waals surface area contributed by atoms with E-state index in [1.165, 1.54) is 12.2 Å². The summed E-state index contributed by atoms with van der Waals surface area (Å²) in [6.07, 6.45) is 1.40. The van der Waals surface area contributed by atoms with E-state index in [0.29, 0.717) is 0 Å². The van der Waals surface area contributed by atoms with E-state index in [0.717, 1.165) is 15.7 Å². The third-order valence-corrected chi connectivity index (χ3v) is 5.32. The zero-order chi connectivity index (χ0) is 7.56. The highest BCUT2D eigenvalue weighted by Gasteiger charge is 2.21. The van der Waals surface area contributed by atoms with Gasteiger partial charge in [0.15, 0.2) is 0 Å². The van der Waals surface area contributed by atoms with Gasteiger partial charge in [-0.15, -0.1) is 23.5 Å². The van der Waals surface area contributed by atoms with Gasteiger partial charge >= 0.3 is 0 Å². The Morgan fingerprint density at radius 3 is 2.50 bits per heavy atom. The van der Waals surface area contributed by atoms with Gasteiger partial charge in [-0.05, 0) is 18.1 Å². The smallest absolute Gasteiger partial charge is 0.0528 e. The summed E-state index contributed by atoms with van der Waals surface area (Å²) in [7, 11) is 0. The molecule has 0 aromatic rings. The first-order chi connectivity index (χ1) is 4.70. The fraction of sp³-hybridized carbons (Fsp3) is 1.00. The van der Waals surface area contributed by atoms with Gasteiger partial charge in [0.1, 0.15) is 0 Å². The van der Waals surface area contributed by atoms with Crippen molar-refractivity contribution in [3.8, 4) is 0 Å². The Morgan fingerprint density at radius 2 is 2.10 bits per heavy atom.